The minimum absolute atomic E-state index is 0.193. The quantitative estimate of drug-likeness (QED) is 0.617. The maximum Gasteiger partial charge on any atom is 0.270 e. The molecule has 4 aromatic rings. The van der Waals surface area contributed by atoms with E-state index >= 15 is 0 Å². The zero-order chi connectivity index (χ0) is 14.9. The van der Waals surface area contributed by atoms with Crippen molar-refractivity contribution in [2.24, 2.45) is 0 Å². The van der Waals surface area contributed by atoms with Crippen molar-refractivity contribution in [3.05, 3.63) is 72.7 Å². The second kappa shape index (κ2) is 4.96. The van der Waals surface area contributed by atoms with Gasteiger partial charge < -0.3 is 0 Å². The molecule has 0 radical (unpaired) electrons. The first kappa shape index (κ1) is 12.5. The van der Waals surface area contributed by atoms with Gasteiger partial charge in [-0.2, -0.15) is 0 Å². The highest BCUT2D eigenvalue weighted by Gasteiger charge is 2.11. The van der Waals surface area contributed by atoms with Crippen molar-refractivity contribution >= 4 is 27.8 Å². The number of rotatable bonds is 2. The van der Waals surface area contributed by atoms with Crippen molar-refractivity contribution in [2.75, 3.05) is 5.43 Å². The van der Waals surface area contributed by atoms with Gasteiger partial charge in [0.2, 0.25) is 0 Å². The average molecular weight is 288 g/mol. The topological polar surface area (TPSA) is 59.8 Å². The van der Waals surface area contributed by atoms with Gasteiger partial charge in [0.1, 0.15) is 6.33 Å². The molecule has 0 saturated heterocycles. The number of nitrogens with one attached hydrogen (secondary N) is 1. The number of benzene rings is 2. The molecule has 22 heavy (non-hydrogen) atoms. The molecule has 0 aliphatic rings. The Morgan fingerprint density at radius 2 is 1.68 bits per heavy atom. The van der Waals surface area contributed by atoms with Gasteiger partial charge in [0.15, 0.2) is 0 Å². The SMILES string of the molecule is O=C(Nn1cnc2ccccc21)c1ccnc2ccccc12. The summed E-state index contributed by atoms with van der Waals surface area (Å²) in [6.45, 7) is 0. The minimum atomic E-state index is -0.193. The van der Waals surface area contributed by atoms with Crippen LogP contribution >= 0.6 is 0 Å². The Labute approximate surface area is 126 Å². The zero-order valence-corrected chi connectivity index (χ0v) is 11.6. The van der Waals surface area contributed by atoms with Gasteiger partial charge in [-0.15, -0.1) is 0 Å². The van der Waals surface area contributed by atoms with E-state index in [4.69, 9.17) is 0 Å². The first-order chi connectivity index (χ1) is 10.8. The molecule has 5 nitrogen and oxygen atoms in total. The van der Waals surface area contributed by atoms with Crippen molar-refractivity contribution in [1.82, 2.24) is 14.6 Å². The summed E-state index contributed by atoms with van der Waals surface area (Å²) in [4.78, 5) is 21.1. The molecule has 0 unspecified atom stereocenters. The Balaban J connectivity index is 1.75. The molecule has 0 aliphatic heterocycles. The lowest BCUT2D eigenvalue weighted by Gasteiger charge is -2.09. The fraction of sp³-hybridized carbons (Fsp3) is 0. The summed E-state index contributed by atoms with van der Waals surface area (Å²) in [5.41, 5.74) is 5.94. The Morgan fingerprint density at radius 1 is 0.909 bits per heavy atom. The predicted molar refractivity (Wildman–Crippen MR) is 85.2 cm³/mol. The van der Waals surface area contributed by atoms with Gasteiger partial charge in [0, 0.05) is 11.6 Å². The monoisotopic (exact) mass is 288 g/mol. The molecular formula is C17H12N4O. The van der Waals surface area contributed by atoms with E-state index in [1.165, 1.54) is 0 Å². The molecule has 0 atom stereocenters. The Hall–Kier alpha value is -3.21. The third-order valence-electron chi connectivity index (χ3n) is 3.57. The number of imidazole rings is 1. The van der Waals surface area contributed by atoms with Gasteiger partial charge >= 0.3 is 0 Å². The van der Waals surface area contributed by atoms with Crippen molar-refractivity contribution in [3.63, 3.8) is 0 Å². The van der Waals surface area contributed by atoms with Crippen LogP contribution in [0.5, 0.6) is 0 Å². The standard InChI is InChI=1S/C17H12N4O/c22-17(13-9-10-18-14-6-2-1-5-12(13)14)20-21-11-19-15-7-3-4-8-16(15)21/h1-11H,(H,20,22). The van der Waals surface area contributed by atoms with Crippen molar-refractivity contribution in [2.45, 2.75) is 0 Å². The number of hydrogen-bond acceptors (Lipinski definition) is 3. The van der Waals surface area contributed by atoms with E-state index in [1.807, 2.05) is 48.5 Å². The van der Waals surface area contributed by atoms with Gasteiger partial charge in [-0.3, -0.25) is 15.2 Å². The van der Waals surface area contributed by atoms with Crippen molar-refractivity contribution in [3.8, 4) is 0 Å². The first-order valence-electron chi connectivity index (χ1n) is 6.90. The predicted octanol–water partition coefficient (Wildman–Crippen LogP) is 2.97. The lowest BCUT2D eigenvalue weighted by molar-refractivity contribution is 0.101. The van der Waals surface area contributed by atoms with Crippen LogP contribution in [-0.4, -0.2) is 20.6 Å². The van der Waals surface area contributed by atoms with Gasteiger partial charge in [-0.25, -0.2) is 9.66 Å². The third kappa shape index (κ3) is 2.00. The van der Waals surface area contributed by atoms with Gasteiger partial charge in [-0.1, -0.05) is 30.3 Å². The third-order valence-corrected chi connectivity index (χ3v) is 3.57. The van der Waals surface area contributed by atoms with Crippen LogP contribution in [0.15, 0.2) is 67.1 Å². The van der Waals surface area contributed by atoms with Crippen molar-refractivity contribution < 1.29 is 4.79 Å². The van der Waals surface area contributed by atoms with E-state index in [9.17, 15) is 4.79 Å². The van der Waals surface area contributed by atoms with Crippen LogP contribution in [0.2, 0.25) is 0 Å². The molecule has 2 aromatic heterocycles. The Bertz CT molecular complexity index is 985. The minimum Gasteiger partial charge on any atom is -0.267 e. The van der Waals surface area contributed by atoms with Gasteiger partial charge in [-0.05, 0) is 24.3 Å². The fourth-order valence-corrected chi connectivity index (χ4v) is 2.51. The normalized spacial score (nSPS) is 10.9. The molecule has 0 bridgehead atoms. The number of pyridine rings is 1. The summed E-state index contributed by atoms with van der Waals surface area (Å²) in [7, 11) is 0. The maximum atomic E-state index is 12.6. The molecule has 0 saturated carbocycles. The van der Waals surface area contributed by atoms with Gasteiger partial charge in [0.25, 0.3) is 5.91 Å². The lowest BCUT2D eigenvalue weighted by atomic mass is 10.1. The van der Waals surface area contributed by atoms with Crippen LogP contribution in [0.4, 0.5) is 0 Å². The summed E-state index contributed by atoms with van der Waals surface area (Å²) in [6, 6.07) is 16.9. The molecule has 2 aromatic carbocycles. The highest BCUT2D eigenvalue weighted by Crippen LogP contribution is 2.17. The number of para-hydroxylation sites is 3. The largest absolute Gasteiger partial charge is 0.270 e. The van der Waals surface area contributed by atoms with Crippen LogP contribution in [0.25, 0.3) is 21.9 Å². The van der Waals surface area contributed by atoms with E-state index in [0.717, 1.165) is 21.9 Å². The fourth-order valence-electron chi connectivity index (χ4n) is 2.51. The summed E-state index contributed by atoms with van der Waals surface area (Å²) < 4.78 is 1.63. The molecule has 5 heteroatoms. The Morgan fingerprint density at radius 3 is 2.59 bits per heavy atom. The first-order valence-corrected chi connectivity index (χ1v) is 6.90. The molecular weight excluding hydrogens is 276 g/mol. The van der Waals surface area contributed by atoms with E-state index in [0.29, 0.717) is 5.56 Å². The summed E-state index contributed by atoms with van der Waals surface area (Å²) >= 11 is 0. The van der Waals surface area contributed by atoms with E-state index in [2.05, 4.69) is 15.4 Å². The number of carbonyl (C=O) groups excluding carboxylic acids is 1. The number of fused-ring (bicyclic) bond motifs is 2. The molecule has 4 rings (SSSR count). The molecule has 0 spiro atoms. The van der Waals surface area contributed by atoms with Crippen LogP contribution in [0, 0.1) is 0 Å². The molecule has 2 heterocycles. The summed E-state index contributed by atoms with van der Waals surface area (Å²) in [6.07, 6.45) is 3.25. The summed E-state index contributed by atoms with van der Waals surface area (Å²) in [5.74, 6) is -0.193. The molecule has 0 fully saturated rings. The molecule has 1 amide bonds. The van der Waals surface area contributed by atoms with E-state index in [1.54, 1.807) is 23.3 Å². The van der Waals surface area contributed by atoms with Crippen LogP contribution in [0.1, 0.15) is 10.4 Å². The lowest BCUT2D eigenvalue weighted by Crippen LogP contribution is -2.22. The number of amides is 1. The zero-order valence-electron chi connectivity index (χ0n) is 11.6. The second-order valence-electron chi connectivity index (χ2n) is 4.92. The number of hydrogen-bond donors (Lipinski definition) is 1. The maximum absolute atomic E-state index is 12.6. The van der Waals surface area contributed by atoms with Crippen LogP contribution in [-0.2, 0) is 0 Å². The van der Waals surface area contributed by atoms with E-state index < -0.39 is 0 Å². The Kier molecular flexibility index (Phi) is 2.83. The van der Waals surface area contributed by atoms with Gasteiger partial charge in [0.05, 0.1) is 22.1 Å². The highest BCUT2D eigenvalue weighted by molar-refractivity contribution is 6.09. The number of nitrogens with zero attached hydrogens (tertiary/aromatic N) is 3. The molecule has 106 valence electrons. The second-order valence-corrected chi connectivity index (χ2v) is 4.92. The highest BCUT2D eigenvalue weighted by atomic mass is 16.2. The average Bonchev–Trinajstić information content (AvgIpc) is 2.97. The summed E-state index contributed by atoms with van der Waals surface area (Å²) in [5, 5.41) is 0.826. The van der Waals surface area contributed by atoms with E-state index in [-0.39, 0.29) is 5.91 Å². The molecule has 1 N–H and O–H groups in total. The van der Waals surface area contributed by atoms with Crippen molar-refractivity contribution in [1.29, 1.82) is 0 Å². The smallest absolute Gasteiger partial charge is 0.267 e. The van der Waals surface area contributed by atoms with Crippen LogP contribution in [0.3, 0.4) is 0 Å². The van der Waals surface area contributed by atoms with Crippen LogP contribution < -0.4 is 5.43 Å². The number of carbonyl (C=O) groups is 1. The molecule has 0 aliphatic carbocycles. The number of aromatic nitrogens is 3.